The van der Waals surface area contributed by atoms with E-state index in [4.69, 9.17) is 16.3 Å². The van der Waals surface area contributed by atoms with E-state index < -0.39 is 4.92 Å². The topological polar surface area (TPSA) is 64.4 Å². The van der Waals surface area contributed by atoms with E-state index in [2.05, 4.69) is 5.32 Å². The molecule has 0 amide bonds. The molecule has 0 aliphatic carbocycles. The molecule has 1 N–H and O–H groups in total. The van der Waals surface area contributed by atoms with Gasteiger partial charge in [0.2, 0.25) is 0 Å². The van der Waals surface area contributed by atoms with Crippen LogP contribution in [0, 0.1) is 17.0 Å². The standard InChI is InChI=1S/C12H15ClN2O3/c1-8-5-12(15(16)17)10(13)6-11(8)14-9-3-2-4-18-7-9/h5-6,9,14H,2-4,7H2,1H3. The Morgan fingerprint density at radius 1 is 1.56 bits per heavy atom. The minimum atomic E-state index is -0.469. The molecule has 1 heterocycles. The number of hydrogen-bond acceptors (Lipinski definition) is 4. The fourth-order valence-electron chi connectivity index (χ4n) is 2.04. The average Bonchev–Trinajstić information content (AvgIpc) is 2.34. The van der Waals surface area contributed by atoms with Crippen LogP contribution in [0.1, 0.15) is 18.4 Å². The van der Waals surface area contributed by atoms with Crippen LogP contribution in [-0.4, -0.2) is 24.2 Å². The zero-order valence-electron chi connectivity index (χ0n) is 10.1. The monoisotopic (exact) mass is 270 g/mol. The number of benzene rings is 1. The lowest BCUT2D eigenvalue weighted by Crippen LogP contribution is -2.30. The van der Waals surface area contributed by atoms with E-state index >= 15 is 0 Å². The van der Waals surface area contributed by atoms with Crippen molar-refractivity contribution < 1.29 is 9.66 Å². The second-order valence-electron chi connectivity index (χ2n) is 4.43. The molecule has 1 aliphatic rings. The Kier molecular flexibility index (Phi) is 4.04. The quantitative estimate of drug-likeness (QED) is 0.677. The molecule has 1 aliphatic heterocycles. The van der Waals surface area contributed by atoms with E-state index in [1.807, 2.05) is 6.92 Å². The number of nitrogens with zero attached hydrogens (tertiary/aromatic N) is 1. The fourth-order valence-corrected chi connectivity index (χ4v) is 2.27. The molecule has 0 saturated carbocycles. The number of anilines is 1. The first kappa shape index (κ1) is 13.1. The van der Waals surface area contributed by atoms with E-state index in [1.54, 1.807) is 6.07 Å². The van der Waals surface area contributed by atoms with Crippen molar-refractivity contribution in [1.29, 1.82) is 0 Å². The Hall–Kier alpha value is -1.33. The van der Waals surface area contributed by atoms with Gasteiger partial charge in [0.05, 0.1) is 11.5 Å². The lowest BCUT2D eigenvalue weighted by molar-refractivity contribution is -0.384. The van der Waals surface area contributed by atoms with Gasteiger partial charge in [-0.2, -0.15) is 0 Å². The first-order chi connectivity index (χ1) is 8.58. The third-order valence-corrected chi connectivity index (χ3v) is 3.31. The van der Waals surface area contributed by atoms with E-state index in [0.717, 1.165) is 30.7 Å². The smallest absolute Gasteiger partial charge is 0.288 e. The zero-order valence-corrected chi connectivity index (χ0v) is 10.9. The Morgan fingerprint density at radius 2 is 2.33 bits per heavy atom. The van der Waals surface area contributed by atoms with Crippen LogP contribution in [0.4, 0.5) is 11.4 Å². The number of aryl methyl sites for hydroxylation is 1. The molecule has 0 radical (unpaired) electrons. The molecular weight excluding hydrogens is 256 g/mol. The normalized spacial score (nSPS) is 19.6. The molecular formula is C12H15ClN2O3. The van der Waals surface area contributed by atoms with Crippen LogP contribution in [0.2, 0.25) is 5.02 Å². The summed E-state index contributed by atoms with van der Waals surface area (Å²) in [5.74, 6) is 0. The van der Waals surface area contributed by atoms with Gasteiger partial charge < -0.3 is 10.1 Å². The summed E-state index contributed by atoms with van der Waals surface area (Å²) >= 11 is 5.90. The molecule has 98 valence electrons. The highest BCUT2D eigenvalue weighted by molar-refractivity contribution is 6.33. The predicted octanol–water partition coefficient (Wildman–Crippen LogP) is 3.15. The number of hydrogen-bond donors (Lipinski definition) is 1. The van der Waals surface area contributed by atoms with E-state index in [-0.39, 0.29) is 16.8 Å². The maximum Gasteiger partial charge on any atom is 0.288 e. The third kappa shape index (κ3) is 2.91. The molecule has 1 saturated heterocycles. The molecule has 2 rings (SSSR count). The van der Waals surface area contributed by atoms with Crippen LogP contribution in [0.5, 0.6) is 0 Å². The van der Waals surface area contributed by atoms with E-state index in [9.17, 15) is 10.1 Å². The number of rotatable bonds is 3. The summed E-state index contributed by atoms with van der Waals surface area (Å²) in [5, 5.41) is 14.2. The molecule has 0 spiro atoms. The van der Waals surface area contributed by atoms with Crippen LogP contribution in [0.3, 0.4) is 0 Å². The Balaban J connectivity index is 2.18. The van der Waals surface area contributed by atoms with Crippen LogP contribution in [0.25, 0.3) is 0 Å². The van der Waals surface area contributed by atoms with Crippen LogP contribution < -0.4 is 5.32 Å². The maximum absolute atomic E-state index is 10.8. The predicted molar refractivity (Wildman–Crippen MR) is 70.3 cm³/mol. The van der Waals surface area contributed by atoms with Crippen molar-refractivity contribution in [2.75, 3.05) is 18.5 Å². The molecule has 1 fully saturated rings. The maximum atomic E-state index is 10.8. The lowest BCUT2D eigenvalue weighted by Gasteiger charge is -2.25. The molecule has 0 aromatic heterocycles. The summed E-state index contributed by atoms with van der Waals surface area (Å²) in [6.45, 7) is 3.29. The minimum absolute atomic E-state index is 0.0559. The van der Waals surface area contributed by atoms with Gasteiger partial charge in [0, 0.05) is 24.4 Å². The molecule has 0 bridgehead atoms. The van der Waals surface area contributed by atoms with Crippen molar-refractivity contribution in [3.05, 3.63) is 32.8 Å². The molecule has 1 aromatic carbocycles. The van der Waals surface area contributed by atoms with Gasteiger partial charge in [-0.05, 0) is 31.4 Å². The molecule has 1 aromatic rings. The van der Waals surface area contributed by atoms with Crippen molar-refractivity contribution >= 4 is 23.0 Å². The highest BCUT2D eigenvalue weighted by Gasteiger charge is 2.18. The Bertz CT molecular complexity index is 459. The lowest BCUT2D eigenvalue weighted by atomic mass is 10.1. The van der Waals surface area contributed by atoms with Gasteiger partial charge >= 0.3 is 0 Å². The summed E-state index contributed by atoms with van der Waals surface area (Å²) in [7, 11) is 0. The van der Waals surface area contributed by atoms with Gasteiger partial charge in [-0.3, -0.25) is 10.1 Å². The van der Waals surface area contributed by atoms with Crippen LogP contribution >= 0.6 is 11.6 Å². The number of halogens is 1. The third-order valence-electron chi connectivity index (χ3n) is 3.01. The van der Waals surface area contributed by atoms with Crippen molar-refractivity contribution in [1.82, 2.24) is 0 Å². The molecule has 6 heteroatoms. The molecule has 5 nitrogen and oxygen atoms in total. The largest absolute Gasteiger partial charge is 0.380 e. The minimum Gasteiger partial charge on any atom is -0.380 e. The summed E-state index contributed by atoms with van der Waals surface area (Å²) < 4.78 is 5.38. The Labute approximate surface area is 110 Å². The highest BCUT2D eigenvalue weighted by Crippen LogP contribution is 2.31. The first-order valence-electron chi connectivity index (χ1n) is 5.86. The molecule has 18 heavy (non-hydrogen) atoms. The number of nitro groups is 1. The zero-order chi connectivity index (χ0) is 13.1. The van der Waals surface area contributed by atoms with Gasteiger partial charge in [-0.15, -0.1) is 0 Å². The summed E-state index contributed by atoms with van der Waals surface area (Å²) in [6.07, 6.45) is 2.06. The Morgan fingerprint density at radius 3 is 2.94 bits per heavy atom. The SMILES string of the molecule is Cc1cc([N+](=O)[O-])c(Cl)cc1NC1CCCOC1. The fraction of sp³-hybridized carbons (Fsp3) is 0.500. The van der Waals surface area contributed by atoms with Crippen molar-refractivity contribution in [2.24, 2.45) is 0 Å². The van der Waals surface area contributed by atoms with Crippen LogP contribution in [-0.2, 0) is 4.74 Å². The molecule has 1 atom stereocenters. The number of ether oxygens (including phenoxy) is 1. The number of nitro benzene ring substituents is 1. The van der Waals surface area contributed by atoms with E-state index in [1.165, 1.54) is 6.07 Å². The first-order valence-corrected chi connectivity index (χ1v) is 6.24. The van der Waals surface area contributed by atoms with E-state index in [0.29, 0.717) is 6.61 Å². The van der Waals surface area contributed by atoms with Crippen LogP contribution in [0.15, 0.2) is 12.1 Å². The van der Waals surface area contributed by atoms with Gasteiger partial charge in [0.15, 0.2) is 0 Å². The van der Waals surface area contributed by atoms with Crippen molar-refractivity contribution in [3.8, 4) is 0 Å². The van der Waals surface area contributed by atoms with Gasteiger partial charge in [-0.1, -0.05) is 11.6 Å². The average molecular weight is 271 g/mol. The second-order valence-corrected chi connectivity index (χ2v) is 4.84. The van der Waals surface area contributed by atoms with Crippen molar-refractivity contribution in [2.45, 2.75) is 25.8 Å². The highest BCUT2D eigenvalue weighted by atomic mass is 35.5. The second kappa shape index (κ2) is 5.54. The van der Waals surface area contributed by atoms with Gasteiger partial charge in [-0.25, -0.2) is 0 Å². The summed E-state index contributed by atoms with van der Waals surface area (Å²) in [5.41, 5.74) is 1.59. The summed E-state index contributed by atoms with van der Waals surface area (Å²) in [6, 6.07) is 3.35. The number of nitrogens with one attached hydrogen (secondary N) is 1. The van der Waals surface area contributed by atoms with Gasteiger partial charge in [0.25, 0.3) is 5.69 Å². The van der Waals surface area contributed by atoms with Crippen molar-refractivity contribution in [3.63, 3.8) is 0 Å². The summed E-state index contributed by atoms with van der Waals surface area (Å²) in [4.78, 5) is 10.3. The van der Waals surface area contributed by atoms with Gasteiger partial charge in [0.1, 0.15) is 5.02 Å². The molecule has 1 unspecified atom stereocenters.